The number of hydrogen-bond donors (Lipinski definition) is 0. The molecule has 3 rings (SSSR count). The molecule has 1 fully saturated rings. The number of benzene rings is 2. The van der Waals surface area contributed by atoms with E-state index < -0.39 is 0 Å². The Balaban J connectivity index is 1.77. The Morgan fingerprint density at radius 1 is 1.16 bits per heavy atom. The van der Waals surface area contributed by atoms with Crippen LogP contribution in [-0.4, -0.2) is 37.5 Å². The Hall–Kier alpha value is -1.91. The van der Waals surface area contributed by atoms with Crippen LogP contribution < -0.4 is 0 Å². The molecule has 0 bridgehead atoms. The molecule has 1 aliphatic heterocycles. The molecule has 2 aromatic rings. The van der Waals surface area contributed by atoms with Gasteiger partial charge in [0.15, 0.2) is 0 Å². The molecule has 0 saturated carbocycles. The molecular formula is C20H22ClFN2O. The topological polar surface area (TPSA) is 24.8 Å². The van der Waals surface area contributed by atoms with Crippen molar-refractivity contribution in [1.82, 2.24) is 4.90 Å². The number of morpholine rings is 1. The maximum atomic E-state index is 13.3. The third-order valence-corrected chi connectivity index (χ3v) is 4.73. The smallest absolute Gasteiger partial charge is 0.141 e. The molecule has 1 saturated heterocycles. The minimum Gasteiger partial charge on any atom is -0.378 e. The average Bonchev–Trinajstić information content (AvgIpc) is 2.61. The van der Waals surface area contributed by atoms with Gasteiger partial charge in [0.1, 0.15) is 5.82 Å². The maximum Gasteiger partial charge on any atom is 0.141 e. The van der Waals surface area contributed by atoms with Gasteiger partial charge in [-0.2, -0.15) is 0 Å². The highest BCUT2D eigenvalue weighted by Gasteiger charge is 2.09. The lowest BCUT2D eigenvalue weighted by Gasteiger charge is -2.24. The number of nitrogens with zero attached hydrogens (tertiary/aromatic N) is 2. The molecule has 0 unspecified atom stereocenters. The van der Waals surface area contributed by atoms with Crippen molar-refractivity contribution in [2.45, 2.75) is 20.3 Å². The van der Waals surface area contributed by atoms with Crippen LogP contribution in [0.15, 0.2) is 35.3 Å². The van der Waals surface area contributed by atoms with E-state index in [0.29, 0.717) is 0 Å². The van der Waals surface area contributed by atoms with Gasteiger partial charge in [0.05, 0.1) is 30.3 Å². The molecule has 0 N–H and O–H groups in total. The van der Waals surface area contributed by atoms with Crippen LogP contribution in [0.3, 0.4) is 0 Å². The summed E-state index contributed by atoms with van der Waals surface area (Å²) in [6.45, 7) is 7.41. The van der Waals surface area contributed by atoms with E-state index in [1.807, 2.05) is 6.34 Å². The van der Waals surface area contributed by atoms with Gasteiger partial charge >= 0.3 is 0 Å². The molecule has 0 aliphatic carbocycles. The fourth-order valence-electron chi connectivity index (χ4n) is 2.90. The molecule has 3 nitrogen and oxygen atoms in total. The SMILES string of the molecule is Cc1cc(N=CN2CCOCC2)c(C)cc1Cc1ccc(F)c(Cl)c1. The van der Waals surface area contributed by atoms with E-state index in [4.69, 9.17) is 16.3 Å². The molecule has 0 spiro atoms. The Morgan fingerprint density at radius 3 is 2.64 bits per heavy atom. The van der Waals surface area contributed by atoms with Crippen molar-refractivity contribution in [3.8, 4) is 0 Å². The number of aryl methyl sites for hydroxylation is 2. The number of aliphatic imine (C=N–C) groups is 1. The predicted octanol–water partition coefficient (Wildman–Crippen LogP) is 4.68. The van der Waals surface area contributed by atoms with E-state index in [1.54, 1.807) is 12.1 Å². The van der Waals surface area contributed by atoms with Crippen molar-refractivity contribution in [2.24, 2.45) is 4.99 Å². The second-order valence-corrected chi connectivity index (χ2v) is 6.79. The number of halogens is 2. The molecule has 1 heterocycles. The van der Waals surface area contributed by atoms with Crippen molar-refractivity contribution in [2.75, 3.05) is 26.3 Å². The van der Waals surface area contributed by atoms with Gasteiger partial charge in [-0.05, 0) is 60.7 Å². The fourth-order valence-corrected chi connectivity index (χ4v) is 3.10. The molecule has 0 amide bonds. The van der Waals surface area contributed by atoms with Gasteiger partial charge in [-0.3, -0.25) is 0 Å². The van der Waals surface area contributed by atoms with Crippen LogP contribution in [0.1, 0.15) is 22.3 Å². The first-order valence-electron chi connectivity index (χ1n) is 8.43. The van der Waals surface area contributed by atoms with Gasteiger partial charge in [0.25, 0.3) is 0 Å². The van der Waals surface area contributed by atoms with Crippen LogP contribution in [0.25, 0.3) is 0 Å². The summed E-state index contributed by atoms with van der Waals surface area (Å²) in [6, 6.07) is 9.14. The zero-order valence-electron chi connectivity index (χ0n) is 14.6. The third-order valence-electron chi connectivity index (χ3n) is 4.44. The van der Waals surface area contributed by atoms with Gasteiger partial charge in [0, 0.05) is 13.1 Å². The normalized spacial score (nSPS) is 15.1. The first kappa shape index (κ1) is 17.9. The summed E-state index contributed by atoms with van der Waals surface area (Å²) in [5.74, 6) is -0.383. The molecular weight excluding hydrogens is 339 g/mol. The Morgan fingerprint density at radius 2 is 1.92 bits per heavy atom. The minimum atomic E-state index is -0.383. The van der Waals surface area contributed by atoms with Crippen LogP contribution in [0, 0.1) is 19.7 Å². The summed E-state index contributed by atoms with van der Waals surface area (Å²) in [7, 11) is 0. The maximum absolute atomic E-state index is 13.3. The van der Waals surface area contributed by atoms with Crippen molar-refractivity contribution >= 4 is 23.6 Å². The predicted molar refractivity (Wildman–Crippen MR) is 101 cm³/mol. The number of rotatable bonds is 4. The number of ether oxygens (including phenoxy) is 1. The van der Waals surface area contributed by atoms with Gasteiger partial charge in [-0.15, -0.1) is 0 Å². The monoisotopic (exact) mass is 360 g/mol. The zero-order chi connectivity index (χ0) is 17.8. The second-order valence-electron chi connectivity index (χ2n) is 6.38. The lowest BCUT2D eigenvalue weighted by atomic mass is 9.97. The second kappa shape index (κ2) is 7.98. The Labute approximate surface area is 153 Å². The van der Waals surface area contributed by atoms with E-state index in [9.17, 15) is 4.39 Å². The van der Waals surface area contributed by atoms with Crippen molar-refractivity contribution in [3.63, 3.8) is 0 Å². The summed E-state index contributed by atoms with van der Waals surface area (Å²) in [5.41, 5.74) is 5.47. The van der Waals surface area contributed by atoms with Crippen LogP contribution in [0.2, 0.25) is 5.02 Å². The van der Waals surface area contributed by atoms with Gasteiger partial charge in [-0.1, -0.05) is 23.7 Å². The van der Waals surface area contributed by atoms with Crippen LogP contribution in [0.4, 0.5) is 10.1 Å². The molecule has 0 aromatic heterocycles. The summed E-state index contributed by atoms with van der Waals surface area (Å²) < 4.78 is 18.7. The highest BCUT2D eigenvalue weighted by molar-refractivity contribution is 6.30. The van der Waals surface area contributed by atoms with Crippen molar-refractivity contribution in [3.05, 3.63) is 63.4 Å². The van der Waals surface area contributed by atoms with Crippen molar-refractivity contribution in [1.29, 1.82) is 0 Å². The highest BCUT2D eigenvalue weighted by Crippen LogP contribution is 2.26. The molecule has 25 heavy (non-hydrogen) atoms. The lowest BCUT2D eigenvalue weighted by molar-refractivity contribution is 0.0701. The van der Waals surface area contributed by atoms with E-state index in [2.05, 4.69) is 35.9 Å². The van der Waals surface area contributed by atoms with E-state index >= 15 is 0 Å². The van der Waals surface area contributed by atoms with Crippen LogP contribution >= 0.6 is 11.6 Å². The van der Waals surface area contributed by atoms with E-state index in [-0.39, 0.29) is 10.8 Å². The van der Waals surface area contributed by atoms with Crippen LogP contribution in [0.5, 0.6) is 0 Å². The quantitative estimate of drug-likeness (QED) is 0.584. The zero-order valence-corrected chi connectivity index (χ0v) is 15.3. The summed E-state index contributed by atoms with van der Waals surface area (Å²) >= 11 is 5.88. The van der Waals surface area contributed by atoms with Crippen LogP contribution in [-0.2, 0) is 11.2 Å². The molecule has 1 aliphatic rings. The molecule has 5 heteroatoms. The molecule has 0 atom stereocenters. The van der Waals surface area contributed by atoms with Gasteiger partial charge in [-0.25, -0.2) is 9.38 Å². The molecule has 132 valence electrons. The Kier molecular flexibility index (Phi) is 5.71. The Bertz CT molecular complexity index is 786. The van der Waals surface area contributed by atoms with E-state index in [1.165, 1.54) is 17.2 Å². The van der Waals surface area contributed by atoms with Gasteiger partial charge < -0.3 is 9.64 Å². The number of hydrogen-bond acceptors (Lipinski definition) is 2. The first-order valence-corrected chi connectivity index (χ1v) is 8.81. The summed E-state index contributed by atoms with van der Waals surface area (Å²) in [4.78, 5) is 6.81. The lowest BCUT2D eigenvalue weighted by Crippen LogP contribution is -2.35. The first-order chi connectivity index (χ1) is 12.0. The van der Waals surface area contributed by atoms with Crippen molar-refractivity contribution < 1.29 is 9.13 Å². The van der Waals surface area contributed by atoms with E-state index in [0.717, 1.165) is 49.5 Å². The third kappa shape index (κ3) is 4.59. The fraction of sp³-hybridized carbons (Fsp3) is 0.350. The summed E-state index contributed by atoms with van der Waals surface area (Å²) in [5, 5.41) is 0.165. The summed E-state index contributed by atoms with van der Waals surface area (Å²) in [6.07, 6.45) is 2.63. The highest BCUT2D eigenvalue weighted by atomic mass is 35.5. The standard InChI is InChI=1S/C20H22ClFN2O/c1-14-10-20(23-13-24-5-7-25-8-6-24)15(2)9-17(14)11-16-3-4-19(22)18(21)12-16/h3-4,9-10,12-13H,5-8,11H2,1-2H3. The minimum absolute atomic E-state index is 0.165. The van der Waals surface area contributed by atoms with Gasteiger partial charge in [0.2, 0.25) is 0 Å². The molecule has 0 radical (unpaired) electrons. The average molecular weight is 361 g/mol. The molecule has 2 aromatic carbocycles. The largest absolute Gasteiger partial charge is 0.378 e.